The molecule has 1 saturated heterocycles. The number of piperidine rings is 1. The smallest absolute Gasteiger partial charge is 0.237 e. The fourth-order valence-corrected chi connectivity index (χ4v) is 3.16. The number of amides is 1. The standard InChI is InChI=1S/C14H26N2O2/c1-14(2,9-17)16-13(18)12-8-7-10-5-3-4-6-11(10)15-12/h10-12,15,17H,3-9H2,1-2H3,(H,16,18). The van der Waals surface area contributed by atoms with Crippen LogP contribution in [0.1, 0.15) is 52.4 Å². The van der Waals surface area contributed by atoms with Crippen LogP contribution in [0, 0.1) is 5.92 Å². The maximum atomic E-state index is 12.2. The molecule has 1 heterocycles. The first kappa shape index (κ1) is 13.8. The van der Waals surface area contributed by atoms with Crippen LogP contribution in [0.25, 0.3) is 0 Å². The van der Waals surface area contributed by atoms with E-state index in [1.54, 1.807) is 0 Å². The number of rotatable bonds is 3. The van der Waals surface area contributed by atoms with Crippen molar-refractivity contribution in [1.29, 1.82) is 0 Å². The Morgan fingerprint density at radius 2 is 2.00 bits per heavy atom. The first-order chi connectivity index (χ1) is 8.52. The summed E-state index contributed by atoms with van der Waals surface area (Å²) in [7, 11) is 0. The monoisotopic (exact) mass is 254 g/mol. The van der Waals surface area contributed by atoms with E-state index < -0.39 is 5.54 Å². The van der Waals surface area contributed by atoms with Crippen molar-refractivity contribution in [2.24, 2.45) is 5.92 Å². The molecule has 1 aliphatic heterocycles. The van der Waals surface area contributed by atoms with E-state index in [4.69, 9.17) is 0 Å². The number of hydrogen-bond donors (Lipinski definition) is 3. The van der Waals surface area contributed by atoms with Gasteiger partial charge in [0.25, 0.3) is 0 Å². The van der Waals surface area contributed by atoms with Gasteiger partial charge in [-0.15, -0.1) is 0 Å². The summed E-state index contributed by atoms with van der Waals surface area (Å²) < 4.78 is 0. The molecule has 2 aliphatic rings. The van der Waals surface area contributed by atoms with Crippen molar-refractivity contribution in [3.63, 3.8) is 0 Å². The number of fused-ring (bicyclic) bond motifs is 1. The summed E-state index contributed by atoms with van der Waals surface area (Å²) in [5.41, 5.74) is -0.526. The van der Waals surface area contributed by atoms with Gasteiger partial charge in [-0.05, 0) is 45.4 Å². The highest BCUT2D eigenvalue weighted by Gasteiger charge is 2.35. The molecule has 0 spiro atoms. The van der Waals surface area contributed by atoms with Crippen molar-refractivity contribution in [1.82, 2.24) is 10.6 Å². The van der Waals surface area contributed by atoms with E-state index in [2.05, 4.69) is 10.6 Å². The lowest BCUT2D eigenvalue weighted by molar-refractivity contribution is -0.126. The zero-order valence-corrected chi connectivity index (χ0v) is 11.5. The fraction of sp³-hybridized carbons (Fsp3) is 0.929. The van der Waals surface area contributed by atoms with E-state index in [-0.39, 0.29) is 18.6 Å². The fourth-order valence-electron chi connectivity index (χ4n) is 3.16. The number of carbonyl (C=O) groups is 1. The van der Waals surface area contributed by atoms with Crippen molar-refractivity contribution in [2.45, 2.75) is 70.0 Å². The van der Waals surface area contributed by atoms with Gasteiger partial charge in [0, 0.05) is 6.04 Å². The van der Waals surface area contributed by atoms with Crippen LogP contribution in [0.2, 0.25) is 0 Å². The second kappa shape index (κ2) is 5.57. The van der Waals surface area contributed by atoms with Crippen molar-refractivity contribution in [3.8, 4) is 0 Å². The second-order valence-corrected chi connectivity index (χ2v) is 6.48. The summed E-state index contributed by atoms with van der Waals surface area (Å²) in [5, 5.41) is 15.6. The van der Waals surface area contributed by atoms with Gasteiger partial charge >= 0.3 is 0 Å². The Labute approximate surface area is 110 Å². The van der Waals surface area contributed by atoms with Crippen LogP contribution < -0.4 is 10.6 Å². The first-order valence-corrected chi connectivity index (χ1v) is 7.21. The molecular weight excluding hydrogens is 228 g/mol. The Morgan fingerprint density at radius 3 is 2.72 bits per heavy atom. The quantitative estimate of drug-likeness (QED) is 0.709. The van der Waals surface area contributed by atoms with Gasteiger partial charge in [-0.1, -0.05) is 12.8 Å². The highest BCUT2D eigenvalue weighted by atomic mass is 16.3. The maximum Gasteiger partial charge on any atom is 0.237 e. The number of hydrogen-bond acceptors (Lipinski definition) is 3. The molecule has 3 unspecified atom stereocenters. The summed E-state index contributed by atoms with van der Waals surface area (Å²) in [4.78, 5) is 12.2. The van der Waals surface area contributed by atoms with Gasteiger partial charge in [0.05, 0.1) is 18.2 Å². The highest BCUT2D eigenvalue weighted by molar-refractivity contribution is 5.82. The van der Waals surface area contributed by atoms with Gasteiger partial charge in [0.15, 0.2) is 0 Å². The Kier molecular flexibility index (Phi) is 4.28. The van der Waals surface area contributed by atoms with E-state index in [1.165, 1.54) is 25.7 Å². The highest BCUT2D eigenvalue weighted by Crippen LogP contribution is 2.32. The van der Waals surface area contributed by atoms with E-state index >= 15 is 0 Å². The minimum atomic E-state index is -0.526. The lowest BCUT2D eigenvalue weighted by atomic mass is 9.77. The van der Waals surface area contributed by atoms with Gasteiger partial charge in [0.1, 0.15) is 0 Å². The third kappa shape index (κ3) is 3.23. The lowest BCUT2D eigenvalue weighted by Crippen LogP contribution is -2.58. The SMILES string of the molecule is CC(C)(CO)NC(=O)C1CCC2CCCCC2N1. The largest absolute Gasteiger partial charge is 0.394 e. The summed E-state index contributed by atoms with van der Waals surface area (Å²) in [6, 6.07) is 0.454. The van der Waals surface area contributed by atoms with Crippen molar-refractivity contribution < 1.29 is 9.90 Å². The van der Waals surface area contributed by atoms with Gasteiger partial charge < -0.3 is 15.7 Å². The van der Waals surface area contributed by atoms with Crippen molar-refractivity contribution in [3.05, 3.63) is 0 Å². The molecule has 0 aromatic heterocycles. The summed E-state index contributed by atoms with van der Waals surface area (Å²) >= 11 is 0. The number of aliphatic hydroxyl groups is 1. The molecule has 0 aromatic rings. The Balaban J connectivity index is 1.88. The molecule has 0 aromatic carbocycles. The normalized spacial score (nSPS) is 32.7. The summed E-state index contributed by atoms with van der Waals surface area (Å²) in [6.07, 6.45) is 7.23. The molecule has 4 nitrogen and oxygen atoms in total. The molecule has 3 N–H and O–H groups in total. The average Bonchev–Trinajstić information content (AvgIpc) is 2.37. The molecule has 104 valence electrons. The van der Waals surface area contributed by atoms with Crippen LogP contribution in [0.15, 0.2) is 0 Å². The van der Waals surface area contributed by atoms with Crippen LogP contribution in [0.4, 0.5) is 0 Å². The Bertz CT molecular complexity index is 304. The van der Waals surface area contributed by atoms with E-state index in [0.717, 1.165) is 18.8 Å². The van der Waals surface area contributed by atoms with Crippen molar-refractivity contribution in [2.75, 3.05) is 6.61 Å². The Morgan fingerprint density at radius 1 is 1.28 bits per heavy atom. The van der Waals surface area contributed by atoms with Gasteiger partial charge in [-0.2, -0.15) is 0 Å². The molecule has 2 rings (SSSR count). The third-order valence-electron chi connectivity index (χ3n) is 4.32. The van der Waals surface area contributed by atoms with Crippen LogP contribution in [-0.4, -0.2) is 35.2 Å². The second-order valence-electron chi connectivity index (χ2n) is 6.48. The van der Waals surface area contributed by atoms with E-state index in [9.17, 15) is 9.90 Å². The maximum absolute atomic E-state index is 12.2. The van der Waals surface area contributed by atoms with Crippen LogP contribution in [-0.2, 0) is 4.79 Å². The molecule has 1 saturated carbocycles. The number of carbonyl (C=O) groups excluding carboxylic acids is 1. The van der Waals surface area contributed by atoms with E-state index in [1.807, 2.05) is 13.8 Å². The molecule has 4 heteroatoms. The van der Waals surface area contributed by atoms with Gasteiger partial charge in [0.2, 0.25) is 5.91 Å². The van der Waals surface area contributed by atoms with Crippen LogP contribution >= 0.6 is 0 Å². The average molecular weight is 254 g/mol. The molecular formula is C14H26N2O2. The van der Waals surface area contributed by atoms with Crippen LogP contribution in [0.3, 0.4) is 0 Å². The van der Waals surface area contributed by atoms with E-state index in [0.29, 0.717) is 6.04 Å². The molecule has 3 atom stereocenters. The summed E-state index contributed by atoms with van der Waals surface area (Å²) in [6.45, 7) is 3.66. The summed E-state index contributed by atoms with van der Waals surface area (Å²) in [5.74, 6) is 0.812. The van der Waals surface area contributed by atoms with Gasteiger partial charge in [-0.25, -0.2) is 0 Å². The third-order valence-corrected chi connectivity index (χ3v) is 4.32. The molecule has 1 aliphatic carbocycles. The topological polar surface area (TPSA) is 61.4 Å². The first-order valence-electron chi connectivity index (χ1n) is 7.21. The predicted molar refractivity (Wildman–Crippen MR) is 71.2 cm³/mol. The molecule has 2 fully saturated rings. The molecule has 0 bridgehead atoms. The van der Waals surface area contributed by atoms with Gasteiger partial charge in [-0.3, -0.25) is 4.79 Å². The Hall–Kier alpha value is -0.610. The zero-order valence-electron chi connectivity index (χ0n) is 11.5. The number of nitrogens with one attached hydrogen (secondary N) is 2. The molecule has 1 amide bonds. The molecule has 18 heavy (non-hydrogen) atoms. The molecule has 0 radical (unpaired) electrons. The number of aliphatic hydroxyl groups excluding tert-OH is 1. The van der Waals surface area contributed by atoms with Crippen molar-refractivity contribution >= 4 is 5.91 Å². The van der Waals surface area contributed by atoms with Crippen LogP contribution in [0.5, 0.6) is 0 Å². The minimum Gasteiger partial charge on any atom is -0.394 e. The minimum absolute atomic E-state index is 0.0302. The zero-order chi connectivity index (χ0) is 13.2. The lowest BCUT2D eigenvalue weighted by Gasteiger charge is -2.40. The predicted octanol–water partition coefficient (Wildman–Crippen LogP) is 1.18.